The van der Waals surface area contributed by atoms with Crippen LogP contribution in [-0.2, 0) is 4.79 Å². The number of rotatable bonds is 4. The van der Waals surface area contributed by atoms with Gasteiger partial charge in [-0.3, -0.25) is 4.79 Å². The molecule has 0 bridgehead atoms. The molecule has 1 aromatic carbocycles. The quantitative estimate of drug-likeness (QED) is 0.723. The van der Waals surface area contributed by atoms with Crippen LogP contribution < -0.4 is 4.90 Å². The van der Waals surface area contributed by atoms with Crippen LogP contribution in [0.5, 0.6) is 0 Å². The molecule has 0 heterocycles. The van der Waals surface area contributed by atoms with Gasteiger partial charge in [-0.25, -0.2) is 0 Å². The maximum Gasteiger partial charge on any atom is 0.155 e. The minimum absolute atomic E-state index is 0.362. The molecule has 2 heteroatoms. The second-order valence-electron chi connectivity index (χ2n) is 3.93. The second kappa shape index (κ2) is 3.82. The molecular weight excluding hydrogens is 174 g/mol. The highest BCUT2D eigenvalue weighted by molar-refractivity contribution is 5.87. The van der Waals surface area contributed by atoms with Gasteiger partial charge in [0.2, 0.25) is 0 Å². The van der Waals surface area contributed by atoms with Crippen LogP contribution in [0.3, 0.4) is 0 Å². The first-order chi connectivity index (χ1) is 6.77. The van der Waals surface area contributed by atoms with Crippen molar-refractivity contribution in [3.63, 3.8) is 0 Å². The van der Waals surface area contributed by atoms with Crippen molar-refractivity contribution < 1.29 is 4.79 Å². The van der Waals surface area contributed by atoms with Gasteiger partial charge in [0.05, 0.1) is 6.54 Å². The lowest BCUT2D eigenvalue weighted by atomic mass is 10.2. The Balaban J connectivity index is 1.95. The van der Waals surface area contributed by atoms with E-state index < -0.39 is 0 Å². The van der Waals surface area contributed by atoms with E-state index in [2.05, 4.69) is 0 Å². The van der Waals surface area contributed by atoms with Gasteiger partial charge in [0.25, 0.3) is 0 Å². The van der Waals surface area contributed by atoms with E-state index in [4.69, 9.17) is 0 Å². The predicted molar refractivity (Wildman–Crippen MR) is 57.4 cm³/mol. The number of nitrogens with zero attached hydrogens (tertiary/aromatic N) is 1. The molecule has 0 N–H and O–H groups in total. The summed E-state index contributed by atoms with van der Waals surface area (Å²) in [5.41, 5.74) is 1.11. The summed E-state index contributed by atoms with van der Waals surface area (Å²) >= 11 is 0. The van der Waals surface area contributed by atoms with Crippen molar-refractivity contribution in [3.8, 4) is 0 Å². The molecule has 0 aliphatic heterocycles. The topological polar surface area (TPSA) is 20.3 Å². The number of para-hydroxylation sites is 1. The van der Waals surface area contributed by atoms with Gasteiger partial charge in [0.1, 0.15) is 0 Å². The summed E-state index contributed by atoms with van der Waals surface area (Å²) in [6.45, 7) is 0.550. The van der Waals surface area contributed by atoms with E-state index in [1.54, 1.807) is 0 Å². The van der Waals surface area contributed by atoms with Gasteiger partial charge in [-0.15, -0.1) is 0 Å². The first-order valence-electron chi connectivity index (χ1n) is 5.06. The summed E-state index contributed by atoms with van der Waals surface area (Å²) in [5.74, 6) is 0.748. The van der Waals surface area contributed by atoms with Crippen LogP contribution in [0, 0.1) is 5.92 Å². The molecule has 0 saturated heterocycles. The van der Waals surface area contributed by atoms with Crippen LogP contribution in [0.4, 0.5) is 5.69 Å². The highest BCUT2D eigenvalue weighted by Crippen LogP contribution is 2.30. The third kappa shape index (κ3) is 2.13. The molecule has 0 amide bonds. The zero-order valence-electron chi connectivity index (χ0n) is 8.44. The molecule has 2 rings (SSSR count). The van der Waals surface area contributed by atoms with E-state index in [-0.39, 0.29) is 0 Å². The lowest BCUT2D eigenvalue weighted by Crippen LogP contribution is -2.26. The molecule has 14 heavy (non-hydrogen) atoms. The van der Waals surface area contributed by atoms with Crippen LogP contribution in [-0.4, -0.2) is 19.4 Å². The highest BCUT2D eigenvalue weighted by atomic mass is 16.1. The normalized spacial score (nSPS) is 15.2. The molecule has 2 nitrogen and oxygen atoms in total. The number of likely N-dealkylation sites (N-methyl/N-ethyl adjacent to an activating group) is 1. The van der Waals surface area contributed by atoms with Gasteiger partial charge in [0, 0.05) is 18.7 Å². The van der Waals surface area contributed by atoms with Crippen molar-refractivity contribution >= 4 is 11.5 Å². The Morgan fingerprint density at radius 2 is 2.00 bits per heavy atom. The first kappa shape index (κ1) is 9.25. The number of hydrogen-bond acceptors (Lipinski definition) is 2. The van der Waals surface area contributed by atoms with Crippen LogP contribution in [0.2, 0.25) is 0 Å². The number of anilines is 1. The fourth-order valence-electron chi connectivity index (χ4n) is 1.54. The molecule has 1 aliphatic rings. The zero-order chi connectivity index (χ0) is 9.97. The van der Waals surface area contributed by atoms with Gasteiger partial charge in [-0.1, -0.05) is 18.2 Å². The zero-order valence-corrected chi connectivity index (χ0v) is 8.44. The number of carbonyl (C=O) groups is 1. The third-order valence-corrected chi connectivity index (χ3v) is 2.62. The average Bonchev–Trinajstić information content (AvgIpc) is 3.02. The Morgan fingerprint density at radius 3 is 2.57 bits per heavy atom. The number of ketones is 1. The molecule has 1 saturated carbocycles. The van der Waals surface area contributed by atoms with Crippen molar-refractivity contribution in [1.82, 2.24) is 0 Å². The molecule has 0 radical (unpaired) electrons. The first-order valence-corrected chi connectivity index (χ1v) is 5.06. The fraction of sp³-hybridized carbons (Fsp3) is 0.417. The summed E-state index contributed by atoms with van der Waals surface area (Å²) in [6.07, 6.45) is 2.20. The lowest BCUT2D eigenvalue weighted by molar-refractivity contribution is -0.118. The predicted octanol–water partition coefficient (Wildman–Crippen LogP) is 2.10. The Bertz CT molecular complexity index is 316. The molecule has 0 unspecified atom stereocenters. The minimum atomic E-state index is 0.362. The van der Waals surface area contributed by atoms with E-state index in [9.17, 15) is 4.79 Å². The van der Waals surface area contributed by atoms with Crippen LogP contribution in [0.25, 0.3) is 0 Å². The number of Topliss-reactive ketones (excluding diaryl/α,β-unsaturated/α-hetero) is 1. The van der Waals surface area contributed by atoms with Crippen molar-refractivity contribution in [2.75, 3.05) is 18.5 Å². The average molecular weight is 189 g/mol. The van der Waals surface area contributed by atoms with Crippen molar-refractivity contribution in [3.05, 3.63) is 30.3 Å². The lowest BCUT2D eigenvalue weighted by Gasteiger charge is -2.17. The Morgan fingerprint density at radius 1 is 1.36 bits per heavy atom. The second-order valence-corrected chi connectivity index (χ2v) is 3.93. The number of carbonyl (C=O) groups excluding carboxylic acids is 1. The van der Waals surface area contributed by atoms with Gasteiger partial charge >= 0.3 is 0 Å². The standard InChI is InChI=1S/C12H15NO/c1-13(9-12(14)10-7-8-10)11-5-3-2-4-6-11/h2-6,10H,7-9H2,1H3. The Kier molecular flexibility index (Phi) is 2.53. The van der Waals surface area contributed by atoms with Gasteiger partial charge in [-0.2, -0.15) is 0 Å². The molecule has 1 aromatic rings. The smallest absolute Gasteiger partial charge is 0.155 e. The summed E-state index contributed by atoms with van der Waals surface area (Å²) in [4.78, 5) is 13.6. The van der Waals surface area contributed by atoms with Gasteiger partial charge in [0.15, 0.2) is 5.78 Å². The van der Waals surface area contributed by atoms with Crippen LogP contribution in [0.1, 0.15) is 12.8 Å². The minimum Gasteiger partial charge on any atom is -0.367 e. The van der Waals surface area contributed by atoms with Crippen molar-refractivity contribution in [2.45, 2.75) is 12.8 Å². The largest absolute Gasteiger partial charge is 0.367 e. The molecule has 74 valence electrons. The van der Waals surface area contributed by atoms with Crippen LogP contribution >= 0.6 is 0 Å². The van der Waals surface area contributed by atoms with E-state index in [1.807, 2.05) is 42.3 Å². The maximum absolute atomic E-state index is 11.5. The van der Waals surface area contributed by atoms with E-state index in [1.165, 1.54) is 0 Å². The molecule has 1 fully saturated rings. The monoisotopic (exact) mass is 189 g/mol. The van der Waals surface area contributed by atoms with Gasteiger partial charge < -0.3 is 4.90 Å². The van der Waals surface area contributed by atoms with Gasteiger partial charge in [-0.05, 0) is 25.0 Å². The Hall–Kier alpha value is -1.31. The van der Waals surface area contributed by atoms with E-state index in [0.29, 0.717) is 18.2 Å². The van der Waals surface area contributed by atoms with E-state index in [0.717, 1.165) is 18.5 Å². The molecule has 0 aromatic heterocycles. The molecule has 0 spiro atoms. The summed E-state index contributed by atoms with van der Waals surface area (Å²) < 4.78 is 0. The molecular formula is C12H15NO. The third-order valence-electron chi connectivity index (χ3n) is 2.62. The van der Waals surface area contributed by atoms with E-state index >= 15 is 0 Å². The Labute approximate surface area is 84.5 Å². The number of benzene rings is 1. The van der Waals surface area contributed by atoms with Crippen molar-refractivity contribution in [1.29, 1.82) is 0 Å². The highest BCUT2D eigenvalue weighted by Gasteiger charge is 2.29. The summed E-state index contributed by atoms with van der Waals surface area (Å²) in [7, 11) is 1.97. The van der Waals surface area contributed by atoms with Crippen molar-refractivity contribution in [2.24, 2.45) is 5.92 Å². The fourth-order valence-corrected chi connectivity index (χ4v) is 1.54. The SMILES string of the molecule is CN(CC(=O)C1CC1)c1ccccc1. The summed E-state index contributed by atoms with van der Waals surface area (Å²) in [6, 6.07) is 10.0. The molecule has 1 aliphatic carbocycles. The molecule has 0 atom stereocenters. The maximum atomic E-state index is 11.5. The summed E-state index contributed by atoms with van der Waals surface area (Å²) in [5, 5.41) is 0. The van der Waals surface area contributed by atoms with Crippen LogP contribution in [0.15, 0.2) is 30.3 Å². The number of hydrogen-bond donors (Lipinski definition) is 0.